The van der Waals surface area contributed by atoms with Crippen LogP contribution >= 0.6 is 15.9 Å². The molecule has 130 valence electrons. The first-order valence-electron chi connectivity index (χ1n) is 7.56. The van der Waals surface area contributed by atoms with Gasteiger partial charge in [-0.25, -0.2) is 4.98 Å². The van der Waals surface area contributed by atoms with E-state index < -0.39 is 5.92 Å². The number of ether oxygens (including phenoxy) is 1. The summed E-state index contributed by atoms with van der Waals surface area (Å²) in [6.07, 6.45) is 1.65. The maximum Gasteiger partial charge on any atom is 0.245 e. The number of hydrogen-bond acceptors (Lipinski definition) is 6. The lowest BCUT2D eigenvalue weighted by Crippen LogP contribution is -2.37. The molecule has 1 fully saturated rings. The van der Waals surface area contributed by atoms with Crippen molar-refractivity contribution in [2.24, 2.45) is 5.92 Å². The van der Waals surface area contributed by atoms with Gasteiger partial charge in [-0.3, -0.25) is 20.4 Å². The number of nitrogens with one attached hydrogen (secondary N) is 2. The van der Waals surface area contributed by atoms with Crippen molar-refractivity contribution in [3.8, 4) is 5.88 Å². The van der Waals surface area contributed by atoms with E-state index in [1.54, 1.807) is 11.0 Å². The molecule has 9 heteroatoms. The SMILES string of the molecule is COc1ccnc(NNC(=O)C2CC(=O)N(c3ccccc3Br)C2)n1. The Bertz CT molecular complexity index is 801. The molecule has 0 aliphatic carbocycles. The van der Waals surface area contributed by atoms with Crippen LogP contribution in [0.15, 0.2) is 41.0 Å². The summed E-state index contributed by atoms with van der Waals surface area (Å²) < 4.78 is 5.80. The largest absolute Gasteiger partial charge is 0.481 e. The first kappa shape index (κ1) is 17.2. The van der Waals surface area contributed by atoms with Gasteiger partial charge >= 0.3 is 0 Å². The number of methoxy groups -OCH3 is 1. The molecule has 3 rings (SSSR count). The molecule has 1 atom stereocenters. The summed E-state index contributed by atoms with van der Waals surface area (Å²) in [6.45, 7) is 0.313. The molecule has 2 amide bonds. The van der Waals surface area contributed by atoms with Crippen molar-refractivity contribution in [2.45, 2.75) is 6.42 Å². The molecule has 0 radical (unpaired) electrons. The minimum atomic E-state index is -0.460. The third kappa shape index (κ3) is 3.87. The van der Waals surface area contributed by atoms with Gasteiger partial charge in [0.25, 0.3) is 0 Å². The van der Waals surface area contributed by atoms with Crippen LogP contribution in [0.1, 0.15) is 6.42 Å². The molecule has 1 aromatic heterocycles. The van der Waals surface area contributed by atoms with Crippen LogP contribution in [0.3, 0.4) is 0 Å². The lowest BCUT2D eigenvalue weighted by molar-refractivity contribution is -0.125. The third-order valence-electron chi connectivity index (χ3n) is 3.78. The van der Waals surface area contributed by atoms with Crippen LogP contribution < -0.4 is 20.5 Å². The molecule has 8 nitrogen and oxygen atoms in total. The highest BCUT2D eigenvalue weighted by Crippen LogP contribution is 2.31. The minimum Gasteiger partial charge on any atom is -0.481 e. The fourth-order valence-corrected chi connectivity index (χ4v) is 3.02. The van der Waals surface area contributed by atoms with Crippen molar-refractivity contribution in [1.82, 2.24) is 15.4 Å². The first-order chi connectivity index (χ1) is 12.1. The number of benzene rings is 1. The summed E-state index contributed by atoms with van der Waals surface area (Å²) in [5, 5.41) is 0. The van der Waals surface area contributed by atoms with E-state index in [2.05, 4.69) is 36.7 Å². The second-order valence-corrected chi connectivity index (χ2v) is 6.25. The lowest BCUT2D eigenvalue weighted by atomic mass is 10.1. The summed E-state index contributed by atoms with van der Waals surface area (Å²) in [6, 6.07) is 9.01. The Hall–Kier alpha value is -2.68. The van der Waals surface area contributed by atoms with E-state index in [0.717, 1.165) is 10.2 Å². The zero-order valence-corrected chi connectivity index (χ0v) is 15.0. The van der Waals surface area contributed by atoms with Gasteiger partial charge in [0, 0.05) is 29.7 Å². The summed E-state index contributed by atoms with van der Waals surface area (Å²) in [4.78, 5) is 34.2. The average Bonchev–Trinajstić information content (AvgIpc) is 3.02. The van der Waals surface area contributed by atoms with E-state index >= 15 is 0 Å². The molecule has 1 unspecified atom stereocenters. The predicted molar refractivity (Wildman–Crippen MR) is 95.0 cm³/mol. The Kier molecular flexibility index (Phi) is 5.13. The van der Waals surface area contributed by atoms with Crippen LogP contribution in [-0.4, -0.2) is 35.4 Å². The van der Waals surface area contributed by atoms with Crippen molar-refractivity contribution in [3.63, 3.8) is 0 Å². The summed E-state index contributed by atoms with van der Waals surface area (Å²) in [7, 11) is 1.49. The quantitative estimate of drug-likeness (QED) is 0.735. The second-order valence-electron chi connectivity index (χ2n) is 5.39. The first-order valence-corrected chi connectivity index (χ1v) is 8.35. The maximum absolute atomic E-state index is 12.3. The van der Waals surface area contributed by atoms with Gasteiger partial charge < -0.3 is 9.64 Å². The molecule has 1 aliphatic rings. The molecule has 25 heavy (non-hydrogen) atoms. The van der Waals surface area contributed by atoms with E-state index in [9.17, 15) is 9.59 Å². The zero-order valence-electron chi connectivity index (χ0n) is 13.4. The molecule has 1 aliphatic heterocycles. The number of hydrogen-bond donors (Lipinski definition) is 2. The fraction of sp³-hybridized carbons (Fsp3) is 0.250. The van der Waals surface area contributed by atoms with Crippen LogP contribution in [0.25, 0.3) is 0 Å². The number of para-hydroxylation sites is 1. The van der Waals surface area contributed by atoms with Gasteiger partial charge in [0.1, 0.15) is 0 Å². The number of amides is 2. The molecule has 1 aromatic carbocycles. The average molecular weight is 406 g/mol. The molecule has 0 saturated carbocycles. The van der Waals surface area contributed by atoms with Gasteiger partial charge in [-0.15, -0.1) is 0 Å². The zero-order chi connectivity index (χ0) is 17.8. The Labute approximate surface area is 152 Å². The molecular weight excluding hydrogens is 390 g/mol. The van der Waals surface area contributed by atoms with Crippen LogP contribution in [0.5, 0.6) is 5.88 Å². The fourth-order valence-electron chi connectivity index (χ4n) is 2.52. The summed E-state index contributed by atoms with van der Waals surface area (Å²) in [5.41, 5.74) is 5.93. The highest BCUT2D eigenvalue weighted by Gasteiger charge is 2.35. The van der Waals surface area contributed by atoms with Gasteiger partial charge in [-0.1, -0.05) is 12.1 Å². The highest BCUT2D eigenvalue weighted by atomic mass is 79.9. The van der Waals surface area contributed by atoms with Gasteiger partial charge in [-0.2, -0.15) is 4.98 Å². The number of carbonyl (C=O) groups is 2. The predicted octanol–water partition coefficient (Wildman–Crippen LogP) is 1.74. The van der Waals surface area contributed by atoms with Crippen molar-refractivity contribution >= 4 is 39.4 Å². The molecule has 0 bridgehead atoms. The number of nitrogens with zero attached hydrogens (tertiary/aromatic N) is 3. The monoisotopic (exact) mass is 405 g/mol. The van der Waals surface area contributed by atoms with Crippen molar-refractivity contribution in [1.29, 1.82) is 0 Å². The smallest absolute Gasteiger partial charge is 0.245 e. The molecule has 1 saturated heterocycles. The van der Waals surface area contributed by atoms with Crippen molar-refractivity contribution in [2.75, 3.05) is 24.0 Å². The van der Waals surface area contributed by atoms with Gasteiger partial charge in [0.15, 0.2) is 0 Å². The van der Waals surface area contributed by atoms with E-state index in [-0.39, 0.29) is 24.2 Å². The van der Waals surface area contributed by atoms with Gasteiger partial charge in [-0.05, 0) is 28.1 Å². The molecule has 2 heterocycles. The summed E-state index contributed by atoms with van der Waals surface area (Å²) >= 11 is 3.43. The standard InChI is InChI=1S/C16H16BrN5O3/c1-25-13-6-7-18-16(19-13)21-20-15(24)10-8-14(23)22(9-10)12-5-3-2-4-11(12)17/h2-7,10H,8-9H2,1H3,(H,20,24)(H,18,19,21). The van der Waals surface area contributed by atoms with E-state index in [4.69, 9.17) is 4.74 Å². The van der Waals surface area contributed by atoms with Gasteiger partial charge in [0.2, 0.25) is 23.6 Å². The lowest BCUT2D eigenvalue weighted by Gasteiger charge is -2.18. The number of aromatic nitrogens is 2. The van der Waals surface area contributed by atoms with Crippen LogP contribution in [0.4, 0.5) is 11.6 Å². The Balaban J connectivity index is 1.62. The normalized spacial score (nSPS) is 16.6. The molecule has 2 aromatic rings. The maximum atomic E-state index is 12.3. The minimum absolute atomic E-state index is 0.0929. The van der Waals surface area contributed by atoms with Gasteiger partial charge in [0.05, 0.1) is 18.7 Å². The highest BCUT2D eigenvalue weighted by molar-refractivity contribution is 9.10. The van der Waals surface area contributed by atoms with E-state index in [0.29, 0.717) is 12.4 Å². The molecular formula is C16H16BrN5O3. The third-order valence-corrected chi connectivity index (χ3v) is 4.45. The van der Waals surface area contributed by atoms with Crippen LogP contribution in [-0.2, 0) is 9.59 Å². The number of carbonyl (C=O) groups excluding carboxylic acids is 2. The second kappa shape index (κ2) is 7.47. The Morgan fingerprint density at radius 2 is 2.16 bits per heavy atom. The number of anilines is 2. The van der Waals surface area contributed by atoms with Crippen LogP contribution in [0, 0.1) is 5.92 Å². The topological polar surface area (TPSA) is 96.4 Å². The number of halogens is 1. The molecule has 0 spiro atoms. The van der Waals surface area contributed by atoms with E-state index in [1.807, 2.05) is 24.3 Å². The van der Waals surface area contributed by atoms with Crippen LogP contribution in [0.2, 0.25) is 0 Å². The number of rotatable bonds is 5. The molecule has 2 N–H and O–H groups in total. The number of hydrazine groups is 1. The van der Waals surface area contributed by atoms with E-state index in [1.165, 1.54) is 13.3 Å². The Morgan fingerprint density at radius 3 is 2.92 bits per heavy atom. The summed E-state index contributed by atoms with van der Waals surface area (Å²) in [5.74, 6) is -0.265. The van der Waals surface area contributed by atoms with Crippen molar-refractivity contribution in [3.05, 3.63) is 41.0 Å². The van der Waals surface area contributed by atoms with Crippen molar-refractivity contribution < 1.29 is 14.3 Å². The Morgan fingerprint density at radius 1 is 1.36 bits per heavy atom.